The molecule has 2 aromatic carbocycles. The third-order valence-corrected chi connectivity index (χ3v) is 7.35. The van der Waals surface area contributed by atoms with Crippen molar-refractivity contribution in [3.05, 3.63) is 59.7 Å². The van der Waals surface area contributed by atoms with E-state index < -0.39 is 17.6 Å². The highest BCUT2D eigenvalue weighted by Gasteiger charge is 2.42. The Hall–Kier alpha value is -3.00. The van der Waals surface area contributed by atoms with E-state index in [2.05, 4.69) is 29.6 Å². The van der Waals surface area contributed by atoms with Gasteiger partial charge in [0.15, 0.2) is 0 Å². The summed E-state index contributed by atoms with van der Waals surface area (Å²) in [4.78, 5) is 38.2. The molecule has 0 saturated heterocycles. The van der Waals surface area contributed by atoms with Gasteiger partial charge >= 0.3 is 12.1 Å². The lowest BCUT2D eigenvalue weighted by atomic mass is 9.74. The molecule has 34 heavy (non-hydrogen) atoms. The first-order valence-electron chi connectivity index (χ1n) is 11.5. The summed E-state index contributed by atoms with van der Waals surface area (Å²) in [6.45, 7) is 0.247. The highest BCUT2D eigenvalue weighted by Crippen LogP contribution is 2.44. The molecule has 0 bridgehead atoms. The number of alkyl carbamates (subject to hydrolysis) is 1. The summed E-state index contributed by atoms with van der Waals surface area (Å²) < 4.78 is 5.67. The number of benzene rings is 2. The van der Waals surface area contributed by atoms with Crippen LogP contribution >= 0.6 is 11.8 Å². The van der Waals surface area contributed by atoms with E-state index >= 15 is 0 Å². The van der Waals surface area contributed by atoms with Crippen molar-refractivity contribution in [3.63, 3.8) is 0 Å². The van der Waals surface area contributed by atoms with Gasteiger partial charge in [0, 0.05) is 18.2 Å². The minimum Gasteiger partial charge on any atom is -0.480 e. The van der Waals surface area contributed by atoms with Crippen LogP contribution in [0.15, 0.2) is 48.5 Å². The maximum atomic E-state index is 12.9. The number of carbonyl (C=O) groups is 3. The molecule has 2 aliphatic carbocycles. The van der Waals surface area contributed by atoms with Crippen molar-refractivity contribution in [1.82, 2.24) is 10.2 Å². The first-order valence-corrected chi connectivity index (χ1v) is 12.9. The number of carbonyl (C=O) groups excluding carboxylic acids is 2. The van der Waals surface area contributed by atoms with Crippen molar-refractivity contribution >= 4 is 29.7 Å². The van der Waals surface area contributed by atoms with Gasteiger partial charge in [-0.05, 0) is 47.8 Å². The third-order valence-electron chi connectivity index (χ3n) is 6.76. The highest BCUT2D eigenvalue weighted by atomic mass is 32.2. The number of thioether (sulfide) groups is 1. The van der Waals surface area contributed by atoms with E-state index in [0.29, 0.717) is 25.1 Å². The normalized spacial score (nSPS) is 15.6. The number of ether oxygens (including phenoxy) is 1. The van der Waals surface area contributed by atoms with Crippen LogP contribution in [0, 0.1) is 0 Å². The van der Waals surface area contributed by atoms with Gasteiger partial charge < -0.3 is 20.1 Å². The number of carboxylic acid groups (broad SMARTS) is 1. The van der Waals surface area contributed by atoms with Gasteiger partial charge in [-0.3, -0.25) is 9.59 Å². The molecular weight excluding hydrogens is 452 g/mol. The second-order valence-electron chi connectivity index (χ2n) is 8.96. The van der Waals surface area contributed by atoms with Crippen molar-refractivity contribution in [2.24, 2.45) is 0 Å². The number of amides is 2. The molecule has 180 valence electrons. The number of nitrogens with zero attached hydrogens (tertiary/aromatic N) is 1. The standard InChI is InChI=1S/C26H30N2O5S/c1-34-14-13-28(16-24(30)31)23(29)15-26(11-6-12-26)27-25(32)33-17-22-20-9-4-2-7-18(20)19-8-3-5-10-21(19)22/h2-5,7-10,22H,6,11-17H2,1H3,(H,27,32)(H,30,31). The van der Waals surface area contributed by atoms with E-state index in [1.54, 1.807) is 11.8 Å². The van der Waals surface area contributed by atoms with Crippen LogP contribution < -0.4 is 5.32 Å². The van der Waals surface area contributed by atoms with Gasteiger partial charge in [-0.1, -0.05) is 48.5 Å². The van der Waals surface area contributed by atoms with Gasteiger partial charge in [0.1, 0.15) is 13.2 Å². The minimum absolute atomic E-state index is 0.0327. The van der Waals surface area contributed by atoms with Crippen molar-refractivity contribution in [1.29, 1.82) is 0 Å². The number of hydrogen-bond acceptors (Lipinski definition) is 5. The Morgan fingerprint density at radius 1 is 1.09 bits per heavy atom. The van der Waals surface area contributed by atoms with Crippen molar-refractivity contribution in [3.8, 4) is 11.1 Å². The van der Waals surface area contributed by atoms with Gasteiger partial charge in [-0.2, -0.15) is 11.8 Å². The van der Waals surface area contributed by atoms with Gasteiger partial charge in [-0.15, -0.1) is 0 Å². The summed E-state index contributed by atoms with van der Waals surface area (Å²) in [7, 11) is 0. The number of aliphatic carboxylic acids is 1. The lowest BCUT2D eigenvalue weighted by Crippen LogP contribution is -2.56. The summed E-state index contributed by atoms with van der Waals surface area (Å²) in [5.41, 5.74) is 3.94. The van der Waals surface area contributed by atoms with Crippen LogP contribution in [0.5, 0.6) is 0 Å². The lowest BCUT2D eigenvalue weighted by Gasteiger charge is -2.42. The quantitative estimate of drug-likeness (QED) is 0.529. The van der Waals surface area contributed by atoms with Crippen molar-refractivity contribution in [2.75, 3.05) is 31.7 Å². The molecule has 0 atom stereocenters. The summed E-state index contributed by atoms with van der Waals surface area (Å²) in [5, 5.41) is 12.1. The van der Waals surface area contributed by atoms with E-state index in [4.69, 9.17) is 9.84 Å². The fourth-order valence-corrected chi connectivity index (χ4v) is 5.26. The Balaban J connectivity index is 1.38. The Kier molecular flexibility index (Phi) is 7.46. The largest absolute Gasteiger partial charge is 0.480 e. The van der Waals surface area contributed by atoms with Gasteiger partial charge in [0.05, 0.1) is 12.0 Å². The predicted octanol–water partition coefficient (Wildman–Crippen LogP) is 4.11. The van der Waals surface area contributed by atoms with E-state index in [9.17, 15) is 14.4 Å². The topological polar surface area (TPSA) is 95.9 Å². The molecular formula is C26H30N2O5S. The second-order valence-corrected chi connectivity index (χ2v) is 9.95. The molecule has 2 N–H and O–H groups in total. The third kappa shape index (κ3) is 5.22. The molecule has 0 aromatic heterocycles. The highest BCUT2D eigenvalue weighted by molar-refractivity contribution is 7.98. The summed E-state index contributed by atoms with van der Waals surface area (Å²) in [6.07, 6.45) is 3.71. The number of fused-ring (bicyclic) bond motifs is 3. The number of nitrogens with one attached hydrogen (secondary N) is 1. The first-order chi connectivity index (χ1) is 16.4. The molecule has 2 aromatic rings. The number of hydrogen-bond donors (Lipinski definition) is 2. The molecule has 1 saturated carbocycles. The molecule has 2 amide bonds. The average molecular weight is 483 g/mol. The van der Waals surface area contributed by atoms with Gasteiger partial charge in [0.25, 0.3) is 0 Å². The molecule has 4 rings (SSSR count). The zero-order chi connectivity index (χ0) is 24.1. The molecule has 8 heteroatoms. The molecule has 7 nitrogen and oxygen atoms in total. The smallest absolute Gasteiger partial charge is 0.407 e. The molecule has 0 aliphatic heterocycles. The van der Waals surface area contributed by atoms with E-state index in [1.807, 2.05) is 30.5 Å². The Bertz CT molecular complexity index is 1020. The fraction of sp³-hybridized carbons (Fsp3) is 0.423. The average Bonchev–Trinajstić information content (AvgIpc) is 3.12. The monoisotopic (exact) mass is 482 g/mol. The summed E-state index contributed by atoms with van der Waals surface area (Å²) >= 11 is 1.56. The molecule has 2 aliphatic rings. The van der Waals surface area contributed by atoms with Crippen LogP contribution in [0.4, 0.5) is 4.79 Å². The second kappa shape index (κ2) is 10.5. The fourth-order valence-electron chi connectivity index (χ4n) is 4.86. The summed E-state index contributed by atoms with van der Waals surface area (Å²) in [5.74, 6) is -0.669. The molecule has 1 fully saturated rings. The SMILES string of the molecule is CSCCN(CC(=O)O)C(=O)CC1(NC(=O)OCC2c3ccccc3-c3ccccc32)CCC1. The van der Waals surface area contributed by atoms with Crippen LogP contribution in [-0.2, 0) is 14.3 Å². The van der Waals surface area contributed by atoms with Crippen LogP contribution in [0.2, 0.25) is 0 Å². The zero-order valence-corrected chi connectivity index (χ0v) is 20.1. The van der Waals surface area contributed by atoms with Crippen molar-refractivity contribution in [2.45, 2.75) is 37.1 Å². The maximum Gasteiger partial charge on any atom is 0.407 e. The Morgan fingerprint density at radius 3 is 2.24 bits per heavy atom. The van der Waals surface area contributed by atoms with Crippen LogP contribution in [0.1, 0.15) is 42.7 Å². The summed E-state index contributed by atoms with van der Waals surface area (Å²) in [6, 6.07) is 16.3. The van der Waals surface area contributed by atoms with E-state index in [0.717, 1.165) is 28.7 Å². The Morgan fingerprint density at radius 2 is 1.71 bits per heavy atom. The zero-order valence-electron chi connectivity index (χ0n) is 19.3. The lowest BCUT2D eigenvalue weighted by molar-refractivity contribution is -0.145. The Labute approximate surface area is 203 Å². The van der Waals surface area contributed by atoms with E-state index in [-0.39, 0.29) is 31.4 Å². The molecule has 0 spiro atoms. The minimum atomic E-state index is -1.04. The molecule has 0 heterocycles. The first kappa shape index (κ1) is 24.1. The van der Waals surface area contributed by atoms with E-state index in [1.165, 1.54) is 4.90 Å². The predicted molar refractivity (Wildman–Crippen MR) is 132 cm³/mol. The molecule has 0 unspecified atom stereocenters. The number of rotatable bonds is 10. The maximum absolute atomic E-state index is 12.9. The number of carboxylic acids is 1. The van der Waals surface area contributed by atoms with Crippen molar-refractivity contribution < 1.29 is 24.2 Å². The van der Waals surface area contributed by atoms with Crippen LogP contribution in [-0.4, -0.2) is 65.2 Å². The van der Waals surface area contributed by atoms with Gasteiger partial charge in [0.2, 0.25) is 5.91 Å². The van der Waals surface area contributed by atoms with Crippen LogP contribution in [0.25, 0.3) is 11.1 Å². The molecule has 0 radical (unpaired) electrons. The van der Waals surface area contributed by atoms with Gasteiger partial charge in [-0.25, -0.2) is 4.79 Å². The van der Waals surface area contributed by atoms with Crippen LogP contribution in [0.3, 0.4) is 0 Å².